The van der Waals surface area contributed by atoms with Crippen LogP contribution in [0.3, 0.4) is 0 Å². The molecule has 0 aliphatic rings. The summed E-state index contributed by atoms with van der Waals surface area (Å²) in [6.07, 6.45) is 0. The average Bonchev–Trinajstić information content (AvgIpc) is 2.10. The van der Waals surface area contributed by atoms with E-state index in [9.17, 15) is 9.59 Å². The maximum absolute atomic E-state index is 11.8. The quantitative estimate of drug-likeness (QED) is 0.732. The number of hydrogen-bond acceptors (Lipinski definition) is 6. The molecule has 20 heavy (non-hydrogen) atoms. The minimum absolute atomic E-state index is 0.0215. The van der Waals surface area contributed by atoms with Crippen molar-refractivity contribution < 1.29 is 19.1 Å². The molecule has 118 valence electrons. The summed E-state index contributed by atoms with van der Waals surface area (Å²) in [4.78, 5) is 25.1. The number of carbonyl (C=O) groups excluding carboxylic acids is 2. The Labute approximate surface area is 121 Å². The van der Waals surface area contributed by atoms with Gasteiger partial charge in [-0.05, 0) is 41.5 Å². The Morgan fingerprint density at radius 1 is 0.900 bits per heavy atom. The topological polar surface area (TPSA) is 81.9 Å². The number of rotatable bonds is 6. The molecule has 2 N–H and O–H groups in total. The van der Waals surface area contributed by atoms with Gasteiger partial charge in [0.1, 0.15) is 11.2 Å². The van der Waals surface area contributed by atoms with E-state index in [0.29, 0.717) is 13.1 Å². The highest BCUT2D eigenvalue weighted by Gasteiger charge is 2.22. The van der Waals surface area contributed by atoms with E-state index in [1.165, 1.54) is 0 Å². The minimum Gasteiger partial charge on any atom is -0.459 e. The Morgan fingerprint density at radius 2 is 1.25 bits per heavy atom. The second kappa shape index (κ2) is 7.59. The molecular formula is C14H28N2O4. The van der Waals surface area contributed by atoms with Crippen molar-refractivity contribution in [2.24, 2.45) is 5.73 Å². The van der Waals surface area contributed by atoms with Crippen LogP contribution in [0.1, 0.15) is 41.5 Å². The number of nitrogens with two attached hydrogens (primary N) is 1. The fourth-order valence-electron chi connectivity index (χ4n) is 1.51. The lowest BCUT2D eigenvalue weighted by Crippen LogP contribution is -2.42. The number of carbonyl (C=O) groups is 2. The zero-order valence-electron chi connectivity index (χ0n) is 13.5. The highest BCUT2D eigenvalue weighted by molar-refractivity contribution is 5.75. The van der Waals surface area contributed by atoms with Gasteiger partial charge in [0.2, 0.25) is 0 Å². The molecule has 0 aromatic rings. The van der Waals surface area contributed by atoms with Crippen LogP contribution < -0.4 is 5.73 Å². The molecule has 0 aliphatic carbocycles. The second-order valence-corrected chi connectivity index (χ2v) is 6.67. The molecule has 0 saturated heterocycles. The van der Waals surface area contributed by atoms with Crippen LogP contribution in [0.4, 0.5) is 0 Å². The third-order valence-electron chi connectivity index (χ3n) is 1.99. The first-order valence-corrected chi connectivity index (χ1v) is 6.79. The molecule has 0 unspecified atom stereocenters. The SMILES string of the molecule is CC(C)(C)OC(=O)CN(CCN)CC(=O)OC(C)(C)C. The van der Waals surface area contributed by atoms with Crippen molar-refractivity contribution in [3.8, 4) is 0 Å². The summed E-state index contributed by atoms with van der Waals surface area (Å²) in [5, 5.41) is 0. The largest absolute Gasteiger partial charge is 0.459 e. The molecule has 0 saturated carbocycles. The molecule has 0 aromatic heterocycles. The van der Waals surface area contributed by atoms with E-state index in [1.54, 1.807) is 46.4 Å². The molecule has 0 fully saturated rings. The van der Waals surface area contributed by atoms with Crippen LogP contribution in [0.5, 0.6) is 0 Å². The van der Waals surface area contributed by atoms with Gasteiger partial charge in [-0.3, -0.25) is 14.5 Å². The fourth-order valence-corrected chi connectivity index (χ4v) is 1.51. The van der Waals surface area contributed by atoms with E-state index in [-0.39, 0.29) is 25.0 Å². The van der Waals surface area contributed by atoms with E-state index in [2.05, 4.69) is 0 Å². The Morgan fingerprint density at radius 3 is 1.50 bits per heavy atom. The zero-order valence-corrected chi connectivity index (χ0v) is 13.5. The van der Waals surface area contributed by atoms with E-state index in [1.807, 2.05) is 0 Å². The third-order valence-corrected chi connectivity index (χ3v) is 1.99. The lowest BCUT2D eigenvalue weighted by molar-refractivity contribution is -0.159. The molecule has 0 bridgehead atoms. The maximum atomic E-state index is 11.8. The van der Waals surface area contributed by atoms with Crippen molar-refractivity contribution in [2.45, 2.75) is 52.7 Å². The third kappa shape index (κ3) is 10.8. The average molecular weight is 288 g/mol. The monoisotopic (exact) mass is 288 g/mol. The highest BCUT2D eigenvalue weighted by Crippen LogP contribution is 2.09. The van der Waals surface area contributed by atoms with Gasteiger partial charge in [0, 0.05) is 13.1 Å². The van der Waals surface area contributed by atoms with E-state index in [4.69, 9.17) is 15.2 Å². The van der Waals surface area contributed by atoms with Gasteiger partial charge in [-0.2, -0.15) is 0 Å². The summed E-state index contributed by atoms with van der Waals surface area (Å²) < 4.78 is 10.4. The van der Waals surface area contributed by atoms with Crippen LogP contribution in [-0.2, 0) is 19.1 Å². The fraction of sp³-hybridized carbons (Fsp3) is 0.857. The molecule has 0 aromatic carbocycles. The summed E-state index contributed by atoms with van der Waals surface area (Å²) in [5.41, 5.74) is 4.40. The van der Waals surface area contributed by atoms with Crippen molar-refractivity contribution >= 4 is 11.9 Å². The zero-order chi connectivity index (χ0) is 16.0. The van der Waals surface area contributed by atoms with Gasteiger partial charge in [-0.1, -0.05) is 0 Å². The van der Waals surface area contributed by atoms with Crippen molar-refractivity contribution in [1.82, 2.24) is 4.90 Å². The first-order chi connectivity index (χ1) is 8.93. The van der Waals surface area contributed by atoms with Gasteiger partial charge in [0.05, 0.1) is 13.1 Å². The van der Waals surface area contributed by atoms with Crippen molar-refractivity contribution in [3.05, 3.63) is 0 Å². The highest BCUT2D eigenvalue weighted by atomic mass is 16.6. The van der Waals surface area contributed by atoms with Crippen molar-refractivity contribution in [3.63, 3.8) is 0 Å². The predicted molar refractivity (Wildman–Crippen MR) is 77.2 cm³/mol. The smallest absolute Gasteiger partial charge is 0.320 e. The van der Waals surface area contributed by atoms with Crippen LogP contribution in [0.2, 0.25) is 0 Å². The van der Waals surface area contributed by atoms with Gasteiger partial charge in [-0.15, -0.1) is 0 Å². The molecule has 0 rings (SSSR count). The number of nitrogens with zero attached hydrogens (tertiary/aromatic N) is 1. The lowest BCUT2D eigenvalue weighted by Gasteiger charge is -2.25. The van der Waals surface area contributed by atoms with Crippen LogP contribution >= 0.6 is 0 Å². The van der Waals surface area contributed by atoms with Crippen LogP contribution in [0, 0.1) is 0 Å². The molecule has 0 aliphatic heterocycles. The molecule has 0 atom stereocenters. The predicted octanol–water partition coefficient (Wildman–Crippen LogP) is 0.931. The summed E-state index contributed by atoms with van der Waals surface area (Å²) in [6, 6.07) is 0. The van der Waals surface area contributed by atoms with Crippen molar-refractivity contribution in [1.29, 1.82) is 0 Å². The van der Waals surface area contributed by atoms with Crippen LogP contribution in [-0.4, -0.2) is 54.2 Å². The first-order valence-electron chi connectivity index (χ1n) is 6.79. The minimum atomic E-state index is -0.544. The van der Waals surface area contributed by atoms with Gasteiger partial charge in [-0.25, -0.2) is 0 Å². The summed E-state index contributed by atoms with van der Waals surface area (Å²) in [7, 11) is 0. The summed E-state index contributed by atoms with van der Waals surface area (Å²) in [6.45, 7) is 11.6. The van der Waals surface area contributed by atoms with Gasteiger partial charge in [0.25, 0.3) is 0 Å². The normalized spacial score (nSPS) is 12.4. The van der Waals surface area contributed by atoms with E-state index < -0.39 is 11.2 Å². The Bertz CT molecular complexity index is 299. The first kappa shape index (κ1) is 18.9. The molecule has 0 radical (unpaired) electrons. The Hall–Kier alpha value is -1.14. The number of esters is 2. The molecule has 0 heterocycles. The van der Waals surface area contributed by atoms with E-state index >= 15 is 0 Å². The Kier molecular flexibility index (Phi) is 7.16. The summed E-state index contributed by atoms with van der Waals surface area (Å²) in [5.74, 6) is -0.760. The molecule has 0 spiro atoms. The van der Waals surface area contributed by atoms with Crippen molar-refractivity contribution in [2.75, 3.05) is 26.2 Å². The maximum Gasteiger partial charge on any atom is 0.320 e. The molecular weight excluding hydrogens is 260 g/mol. The number of hydrogen-bond donors (Lipinski definition) is 1. The summed E-state index contributed by atoms with van der Waals surface area (Å²) >= 11 is 0. The van der Waals surface area contributed by atoms with Gasteiger partial charge in [0.15, 0.2) is 0 Å². The van der Waals surface area contributed by atoms with Crippen LogP contribution in [0.25, 0.3) is 0 Å². The van der Waals surface area contributed by atoms with Crippen LogP contribution in [0.15, 0.2) is 0 Å². The molecule has 6 nitrogen and oxygen atoms in total. The lowest BCUT2D eigenvalue weighted by atomic mass is 10.2. The van der Waals surface area contributed by atoms with Gasteiger partial charge >= 0.3 is 11.9 Å². The number of ether oxygens (including phenoxy) is 2. The second-order valence-electron chi connectivity index (χ2n) is 6.67. The standard InChI is InChI=1S/C14H28N2O4/c1-13(2,3)19-11(17)9-16(8-7-15)10-12(18)20-14(4,5)6/h7-10,15H2,1-6H3. The molecule has 6 heteroatoms. The van der Waals surface area contributed by atoms with E-state index in [0.717, 1.165) is 0 Å². The van der Waals surface area contributed by atoms with Gasteiger partial charge < -0.3 is 15.2 Å². The molecule has 0 amide bonds. The Balaban J connectivity index is 4.43.